The molecule has 0 aromatic carbocycles. The lowest BCUT2D eigenvalue weighted by Crippen LogP contribution is -2.45. The van der Waals surface area contributed by atoms with Crippen molar-refractivity contribution in [2.24, 2.45) is 5.41 Å². The topological polar surface area (TPSA) is 45.0 Å². The molecule has 0 spiro atoms. The zero-order chi connectivity index (χ0) is 9.90. The summed E-state index contributed by atoms with van der Waals surface area (Å²) < 4.78 is 5.39. The molecule has 0 aromatic rings. The summed E-state index contributed by atoms with van der Waals surface area (Å²) in [7, 11) is 0. The van der Waals surface area contributed by atoms with Crippen LogP contribution in [0.5, 0.6) is 0 Å². The first-order valence-corrected chi connectivity index (χ1v) is 4.83. The molecule has 0 radical (unpaired) electrons. The van der Waals surface area contributed by atoms with Gasteiger partial charge in [0, 0.05) is 11.5 Å². The number of nitrogens with one attached hydrogen (secondary N) is 1. The van der Waals surface area contributed by atoms with Gasteiger partial charge >= 0.3 is 0 Å². The Bertz CT molecular complexity index is 207. The number of hydrogen-bond acceptors (Lipinski definition) is 3. The van der Waals surface area contributed by atoms with E-state index in [1.165, 1.54) is 0 Å². The largest absolute Gasteiger partial charge is 0.379 e. The Morgan fingerprint density at radius 2 is 2.38 bits per heavy atom. The molecule has 2 atom stereocenters. The van der Waals surface area contributed by atoms with Crippen molar-refractivity contribution < 1.29 is 4.74 Å². The summed E-state index contributed by atoms with van der Waals surface area (Å²) in [5.41, 5.74) is 0.157. The molecule has 0 aliphatic carbocycles. The van der Waals surface area contributed by atoms with Crippen molar-refractivity contribution in [3.05, 3.63) is 0 Å². The van der Waals surface area contributed by atoms with Crippen LogP contribution in [0.1, 0.15) is 27.2 Å². The molecular formula is C10H18N2O. The standard InChI is InChI=1S/C10H18N2O/c1-4-8(5-11)12-9-6-13-7-10(9,2)3/h8-9,12H,4,6-7H2,1-3H3. The Kier molecular flexibility index (Phi) is 3.29. The van der Waals surface area contributed by atoms with Gasteiger partial charge in [0.2, 0.25) is 0 Å². The van der Waals surface area contributed by atoms with E-state index in [1.807, 2.05) is 6.92 Å². The maximum absolute atomic E-state index is 8.80. The van der Waals surface area contributed by atoms with E-state index < -0.39 is 0 Å². The molecule has 3 heteroatoms. The van der Waals surface area contributed by atoms with Crippen LogP contribution in [0.3, 0.4) is 0 Å². The van der Waals surface area contributed by atoms with Crippen molar-refractivity contribution in [3.8, 4) is 6.07 Å². The van der Waals surface area contributed by atoms with E-state index in [4.69, 9.17) is 10.00 Å². The maximum atomic E-state index is 8.80. The van der Waals surface area contributed by atoms with Gasteiger partial charge in [0.15, 0.2) is 0 Å². The van der Waals surface area contributed by atoms with E-state index in [1.54, 1.807) is 0 Å². The SMILES string of the molecule is CCC(C#N)NC1COCC1(C)C. The molecule has 74 valence electrons. The second-order valence-corrected chi connectivity index (χ2v) is 4.31. The molecule has 1 fully saturated rings. The molecular weight excluding hydrogens is 164 g/mol. The van der Waals surface area contributed by atoms with Gasteiger partial charge in [-0.05, 0) is 6.42 Å². The van der Waals surface area contributed by atoms with E-state index in [2.05, 4.69) is 25.2 Å². The molecule has 0 saturated carbocycles. The fourth-order valence-electron chi connectivity index (χ4n) is 1.53. The first kappa shape index (κ1) is 10.5. The first-order chi connectivity index (χ1) is 6.10. The minimum absolute atomic E-state index is 0.0361. The second-order valence-electron chi connectivity index (χ2n) is 4.31. The van der Waals surface area contributed by atoms with Crippen LogP contribution < -0.4 is 5.32 Å². The van der Waals surface area contributed by atoms with Gasteiger partial charge in [-0.25, -0.2) is 0 Å². The Balaban J connectivity index is 2.49. The van der Waals surface area contributed by atoms with Gasteiger partial charge in [0.25, 0.3) is 0 Å². The highest BCUT2D eigenvalue weighted by Crippen LogP contribution is 2.27. The summed E-state index contributed by atoms with van der Waals surface area (Å²) in [6.07, 6.45) is 0.850. The third kappa shape index (κ3) is 2.43. The van der Waals surface area contributed by atoms with Crippen molar-refractivity contribution in [1.29, 1.82) is 5.26 Å². The molecule has 1 aliphatic heterocycles. The molecule has 3 nitrogen and oxygen atoms in total. The molecule has 1 heterocycles. The minimum Gasteiger partial charge on any atom is -0.379 e. The Hall–Kier alpha value is -0.590. The molecule has 1 saturated heterocycles. The van der Waals surface area contributed by atoms with Crippen LogP contribution in [0.2, 0.25) is 0 Å². The van der Waals surface area contributed by atoms with Gasteiger partial charge in [0.1, 0.15) is 0 Å². The minimum atomic E-state index is -0.0361. The number of hydrogen-bond donors (Lipinski definition) is 1. The van der Waals surface area contributed by atoms with Crippen LogP contribution >= 0.6 is 0 Å². The van der Waals surface area contributed by atoms with Crippen molar-refractivity contribution in [2.45, 2.75) is 39.3 Å². The van der Waals surface area contributed by atoms with Crippen molar-refractivity contribution in [1.82, 2.24) is 5.32 Å². The maximum Gasteiger partial charge on any atom is 0.0953 e. The van der Waals surface area contributed by atoms with Gasteiger partial charge in [-0.3, -0.25) is 5.32 Å². The van der Waals surface area contributed by atoms with Crippen molar-refractivity contribution >= 4 is 0 Å². The number of nitrogens with zero attached hydrogens (tertiary/aromatic N) is 1. The summed E-state index contributed by atoms with van der Waals surface area (Å²) in [5, 5.41) is 12.1. The van der Waals surface area contributed by atoms with E-state index >= 15 is 0 Å². The van der Waals surface area contributed by atoms with Gasteiger partial charge in [-0.1, -0.05) is 20.8 Å². The average molecular weight is 182 g/mol. The fraction of sp³-hybridized carbons (Fsp3) is 0.900. The summed E-state index contributed by atoms with van der Waals surface area (Å²) in [5.74, 6) is 0. The highest BCUT2D eigenvalue weighted by atomic mass is 16.5. The highest BCUT2D eigenvalue weighted by Gasteiger charge is 2.36. The summed E-state index contributed by atoms with van der Waals surface area (Å²) in [4.78, 5) is 0. The highest BCUT2D eigenvalue weighted by molar-refractivity contribution is 4.96. The number of rotatable bonds is 3. The van der Waals surface area contributed by atoms with Gasteiger partial charge in [-0.15, -0.1) is 0 Å². The molecule has 0 amide bonds. The monoisotopic (exact) mass is 182 g/mol. The smallest absolute Gasteiger partial charge is 0.0953 e. The van der Waals surface area contributed by atoms with Crippen LogP contribution in [-0.2, 0) is 4.74 Å². The molecule has 1 rings (SSSR count). The van der Waals surface area contributed by atoms with E-state index in [9.17, 15) is 0 Å². The zero-order valence-corrected chi connectivity index (χ0v) is 8.63. The number of nitriles is 1. The molecule has 2 unspecified atom stereocenters. The van der Waals surface area contributed by atoms with Crippen LogP contribution in [0.15, 0.2) is 0 Å². The molecule has 13 heavy (non-hydrogen) atoms. The Morgan fingerprint density at radius 3 is 2.77 bits per heavy atom. The lowest BCUT2D eigenvalue weighted by molar-refractivity contribution is 0.166. The van der Waals surface area contributed by atoms with Crippen LogP contribution in [-0.4, -0.2) is 25.3 Å². The predicted molar refractivity (Wildman–Crippen MR) is 51.2 cm³/mol. The molecule has 1 aliphatic rings. The van der Waals surface area contributed by atoms with Crippen molar-refractivity contribution in [3.63, 3.8) is 0 Å². The molecule has 1 N–H and O–H groups in total. The molecule has 0 aromatic heterocycles. The van der Waals surface area contributed by atoms with E-state index in [-0.39, 0.29) is 11.5 Å². The third-order valence-corrected chi connectivity index (χ3v) is 2.67. The Labute approximate surface area is 80.1 Å². The number of ether oxygens (including phenoxy) is 1. The zero-order valence-electron chi connectivity index (χ0n) is 8.63. The molecule has 0 bridgehead atoms. The lowest BCUT2D eigenvalue weighted by atomic mass is 9.87. The third-order valence-electron chi connectivity index (χ3n) is 2.67. The van der Waals surface area contributed by atoms with Crippen LogP contribution in [0.25, 0.3) is 0 Å². The summed E-state index contributed by atoms with van der Waals surface area (Å²) >= 11 is 0. The van der Waals surface area contributed by atoms with Gasteiger partial charge in [-0.2, -0.15) is 5.26 Å². The van der Waals surface area contributed by atoms with E-state index in [0.717, 1.165) is 19.6 Å². The van der Waals surface area contributed by atoms with Gasteiger partial charge < -0.3 is 4.74 Å². The predicted octanol–water partition coefficient (Wildman–Crippen LogP) is 1.30. The quantitative estimate of drug-likeness (QED) is 0.715. The van der Waals surface area contributed by atoms with Crippen LogP contribution in [0, 0.1) is 16.7 Å². The average Bonchev–Trinajstić information content (AvgIpc) is 2.41. The summed E-state index contributed by atoms with van der Waals surface area (Å²) in [6.45, 7) is 7.87. The Morgan fingerprint density at radius 1 is 1.69 bits per heavy atom. The first-order valence-electron chi connectivity index (χ1n) is 4.83. The normalized spacial score (nSPS) is 28.3. The summed E-state index contributed by atoms with van der Waals surface area (Å²) in [6, 6.07) is 2.53. The fourth-order valence-corrected chi connectivity index (χ4v) is 1.53. The van der Waals surface area contributed by atoms with E-state index in [0.29, 0.717) is 6.04 Å². The van der Waals surface area contributed by atoms with Crippen LogP contribution in [0.4, 0.5) is 0 Å². The second kappa shape index (κ2) is 4.08. The van der Waals surface area contributed by atoms with Gasteiger partial charge in [0.05, 0.1) is 25.3 Å². The van der Waals surface area contributed by atoms with Crippen molar-refractivity contribution in [2.75, 3.05) is 13.2 Å². The lowest BCUT2D eigenvalue weighted by Gasteiger charge is -2.27.